The highest BCUT2D eigenvalue weighted by atomic mass is 32.1. The number of aryl methyl sites for hydroxylation is 1. The Labute approximate surface area is 189 Å². The van der Waals surface area contributed by atoms with E-state index in [9.17, 15) is 9.59 Å². The number of hydrogen-bond acceptors (Lipinski definition) is 5. The monoisotopic (exact) mass is 440 g/mol. The first kappa shape index (κ1) is 21.1. The number of anilines is 2. The number of aromatic nitrogens is 2. The quantitative estimate of drug-likeness (QED) is 0.392. The highest BCUT2D eigenvalue weighted by molar-refractivity contribution is 7.12. The molecule has 2 amide bonds. The van der Waals surface area contributed by atoms with E-state index in [-0.39, 0.29) is 11.8 Å². The Balaban J connectivity index is 1.44. The van der Waals surface area contributed by atoms with Crippen LogP contribution in [0.5, 0.6) is 0 Å². The lowest BCUT2D eigenvalue weighted by Crippen LogP contribution is -2.12. The molecule has 158 valence electrons. The predicted molar refractivity (Wildman–Crippen MR) is 129 cm³/mol. The maximum absolute atomic E-state index is 12.6. The molecule has 7 heteroatoms. The van der Waals surface area contributed by atoms with Crippen LogP contribution >= 0.6 is 11.3 Å². The number of amides is 2. The van der Waals surface area contributed by atoms with Crippen molar-refractivity contribution >= 4 is 40.6 Å². The molecule has 0 atom stereocenters. The smallest absolute Gasteiger partial charge is 0.255 e. The van der Waals surface area contributed by atoms with E-state index in [0.29, 0.717) is 11.3 Å². The number of para-hydroxylation sites is 1. The molecule has 32 heavy (non-hydrogen) atoms. The summed E-state index contributed by atoms with van der Waals surface area (Å²) in [5, 5.41) is 14.4. The molecule has 1 heterocycles. The largest absolute Gasteiger partial charge is 0.322 e. The van der Waals surface area contributed by atoms with Crippen molar-refractivity contribution in [2.45, 2.75) is 6.92 Å². The maximum Gasteiger partial charge on any atom is 0.255 e. The number of rotatable bonds is 6. The van der Waals surface area contributed by atoms with Gasteiger partial charge in [-0.1, -0.05) is 47.7 Å². The van der Waals surface area contributed by atoms with Gasteiger partial charge in [0.15, 0.2) is 0 Å². The summed E-state index contributed by atoms with van der Waals surface area (Å²) in [7, 11) is 0. The molecule has 6 nitrogen and oxygen atoms in total. The van der Waals surface area contributed by atoms with Crippen LogP contribution in [-0.4, -0.2) is 22.0 Å². The summed E-state index contributed by atoms with van der Waals surface area (Å²) >= 11 is 1.40. The van der Waals surface area contributed by atoms with Gasteiger partial charge in [-0.3, -0.25) is 9.59 Å². The fourth-order valence-electron chi connectivity index (χ4n) is 3.13. The van der Waals surface area contributed by atoms with Crippen molar-refractivity contribution in [1.82, 2.24) is 10.2 Å². The van der Waals surface area contributed by atoms with Gasteiger partial charge in [0.2, 0.25) is 5.91 Å². The molecule has 0 unspecified atom stereocenters. The van der Waals surface area contributed by atoms with Gasteiger partial charge in [-0.05, 0) is 60.5 Å². The first-order chi connectivity index (χ1) is 15.6. The number of carbonyl (C=O) groups is 2. The van der Waals surface area contributed by atoms with Gasteiger partial charge < -0.3 is 10.6 Å². The van der Waals surface area contributed by atoms with Crippen molar-refractivity contribution < 1.29 is 9.59 Å². The van der Waals surface area contributed by atoms with Gasteiger partial charge in [0.05, 0.1) is 5.69 Å². The lowest BCUT2D eigenvalue weighted by Gasteiger charge is -2.07. The zero-order chi connectivity index (χ0) is 22.3. The van der Waals surface area contributed by atoms with Crippen molar-refractivity contribution in [2.24, 2.45) is 0 Å². The molecule has 4 aromatic rings. The van der Waals surface area contributed by atoms with Crippen molar-refractivity contribution in [3.63, 3.8) is 0 Å². The van der Waals surface area contributed by atoms with Crippen LogP contribution in [0.25, 0.3) is 16.6 Å². The summed E-state index contributed by atoms with van der Waals surface area (Å²) in [5.74, 6) is -0.488. The molecule has 0 saturated heterocycles. The number of nitrogens with one attached hydrogen (secondary N) is 2. The lowest BCUT2D eigenvalue weighted by molar-refractivity contribution is -0.111. The molecule has 1 aromatic heterocycles. The predicted octanol–water partition coefficient (Wildman–Crippen LogP) is 5.42. The minimum atomic E-state index is -0.281. The second-order valence-corrected chi connectivity index (χ2v) is 7.89. The summed E-state index contributed by atoms with van der Waals surface area (Å²) in [5.41, 5.74) is 6.18. The first-order valence-corrected chi connectivity index (χ1v) is 10.8. The van der Waals surface area contributed by atoms with Crippen LogP contribution in [-0.2, 0) is 4.79 Å². The van der Waals surface area contributed by atoms with Gasteiger partial charge >= 0.3 is 0 Å². The summed E-state index contributed by atoms with van der Waals surface area (Å²) in [4.78, 5) is 25.1. The van der Waals surface area contributed by atoms with E-state index < -0.39 is 0 Å². The summed E-state index contributed by atoms with van der Waals surface area (Å²) in [6.45, 7) is 1.97. The van der Waals surface area contributed by atoms with Crippen molar-refractivity contribution in [2.75, 3.05) is 10.6 Å². The third-order valence-electron chi connectivity index (χ3n) is 4.63. The molecule has 0 bridgehead atoms. The Bertz CT molecular complexity index is 1280. The highest BCUT2D eigenvalue weighted by Gasteiger charge is 2.10. The third-order valence-corrected chi connectivity index (χ3v) is 5.35. The molecule has 0 aliphatic heterocycles. The average Bonchev–Trinajstić information content (AvgIpc) is 3.33. The Morgan fingerprint density at radius 2 is 1.78 bits per heavy atom. The van der Waals surface area contributed by atoms with E-state index in [4.69, 9.17) is 0 Å². The molecule has 4 rings (SSSR count). The van der Waals surface area contributed by atoms with Crippen LogP contribution in [0.4, 0.5) is 11.4 Å². The Kier molecular flexibility index (Phi) is 6.48. The number of nitrogens with zero attached hydrogens (tertiary/aromatic N) is 2. The summed E-state index contributed by atoms with van der Waals surface area (Å²) < 4.78 is 0. The number of carbonyl (C=O) groups excluding carboxylic acids is 2. The van der Waals surface area contributed by atoms with Gasteiger partial charge in [-0.15, -0.1) is 10.2 Å². The van der Waals surface area contributed by atoms with Crippen LogP contribution in [0.3, 0.4) is 0 Å². The maximum atomic E-state index is 12.6. The summed E-state index contributed by atoms with van der Waals surface area (Å²) in [6, 6.07) is 22.2. The molecule has 2 N–H and O–H groups in total. The van der Waals surface area contributed by atoms with Crippen LogP contribution in [0.1, 0.15) is 21.5 Å². The van der Waals surface area contributed by atoms with Crippen molar-refractivity contribution in [3.8, 4) is 10.6 Å². The molecule has 0 spiro atoms. The van der Waals surface area contributed by atoms with E-state index >= 15 is 0 Å². The topological polar surface area (TPSA) is 84.0 Å². The second kappa shape index (κ2) is 9.80. The van der Waals surface area contributed by atoms with Gasteiger partial charge in [0.25, 0.3) is 5.91 Å². The Hall–Kier alpha value is -4.10. The number of hydrogen-bond donors (Lipinski definition) is 2. The highest BCUT2D eigenvalue weighted by Crippen LogP contribution is 2.28. The lowest BCUT2D eigenvalue weighted by atomic mass is 10.1. The Morgan fingerprint density at radius 3 is 2.59 bits per heavy atom. The van der Waals surface area contributed by atoms with E-state index in [1.54, 1.807) is 29.8 Å². The molecule has 0 fully saturated rings. The second-order valence-electron chi connectivity index (χ2n) is 7.06. The van der Waals surface area contributed by atoms with Gasteiger partial charge in [0, 0.05) is 22.9 Å². The minimum absolute atomic E-state index is 0.207. The summed E-state index contributed by atoms with van der Waals surface area (Å²) in [6.07, 6.45) is 3.11. The Morgan fingerprint density at radius 1 is 0.938 bits per heavy atom. The van der Waals surface area contributed by atoms with Gasteiger partial charge in [0.1, 0.15) is 10.5 Å². The molecule has 0 aliphatic rings. The van der Waals surface area contributed by atoms with E-state index in [1.807, 2.05) is 61.5 Å². The first-order valence-electron chi connectivity index (χ1n) is 9.91. The van der Waals surface area contributed by atoms with E-state index in [2.05, 4.69) is 20.8 Å². The average molecular weight is 441 g/mol. The molecule has 3 aromatic carbocycles. The van der Waals surface area contributed by atoms with Crippen LogP contribution in [0, 0.1) is 6.92 Å². The molecular formula is C25H20N4O2S. The molecule has 0 saturated carbocycles. The van der Waals surface area contributed by atoms with Crippen LogP contribution < -0.4 is 10.6 Å². The van der Waals surface area contributed by atoms with E-state index in [1.165, 1.54) is 17.4 Å². The van der Waals surface area contributed by atoms with Crippen LogP contribution in [0.15, 0.2) is 84.4 Å². The number of benzene rings is 3. The van der Waals surface area contributed by atoms with Gasteiger partial charge in [-0.2, -0.15) is 0 Å². The molecule has 0 aliphatic carbocycles. The fraction of sp³-hybridized carbons (Fsp3) is 0.0400. The van der Waals surface area contributed by atoms with Gasteiger partial charge in [-0.25, -0.2) is 0 Å². The standard InChI is InChI=1S/C25H20N4O2S/c1-17-6-4-9-20(14-17)27-24(31)19-8-5-7-18(15-19)12-13-23(30)28-22-11-3-2-10-21(22)25-29-26-16-32-25/h2-16H,1H3,(H,27,31)(H,28,30)/b13-12+. The zero-order valence-electron chi connectivity index (χ0n) is 17.3. The SMILES string of the molecule is Cc1cccc(NC(=O)c2cccc(/C=C/C(=O)Nc3ccccc3-c3nncs3)c2)c1. The molecular weight excluding hydrogens is 420 g/mol. The third kappa shape index (κ3) is 5.33. The van der Waals surface area contributed by atoms with Crippen molar-refractivity contribution in [1.29, 1.82) is 0 Å². The van der Waals surface area contributed by atoms with Crippen LogP contribution in [0.2, 0.25) is 0 Å². The van der Waals surface area contributed by atoms with E-state index in [0.717, 1.165) is 27.4 Å². The normalized spacial score (nSPS) is 10.8. The molecule has 0 radical (unpaired) electrons. The van der Waals surface area contributed by atoms with Crippen molar-refractivity contribution in [3.05, 3.63) is 101 Å². The zero-order valence-corrected chi connectivity index (χ0v) is 18.1. The fourth-order valence-corrected chi connectivity index (χ4v) is 3.72. The minimum Gasteiger partial charge on any atom is -0.322 e.